The van der Waals surface area contributed by atoms with Crippen LogP contribution in [0.25, 0.3) is 0 Å². The van der Waals surface area contributed by atoms with E-state index in [1.807, 2.05) is 11.8 Å². The van der Waals surface area contributed by atoms with Gasteiger partial charge in [0.05, 0.1) is 13.2 Å². The van der Waals surface area contributed by atoms with Crippen LogP contribution >= 0.6 is 0 Å². The predicted octanol–water partition coefficient (Wildman–Crippen LogP) is -0.304. The van der Waals surface area contributed by atoms with Gasteiger partial charge in [-0.25, -0.2) is 9.48 Å². The van der Waals surface area contributed by atoms with Gasteiger partial charge in [0.1, 0.15) is 11.9 Å². The third kappa shape index (κ3) is 3.67. The van der Waals surface area contributed by atoms with Crippen molar-refractivity contribution in [2.24, 2.45) is 0 Å². The molecule has 1 N–H and O–H groups in total. The smallest absolute Gasteiger partial charge is 0.345 e. The lowest BCUT2D eigenvalue weighted by molar-refractivity contribution is -0.135. The van der Waals surface area contributed by atoms with E-state index in [1.54, 1.807) is 11.7 Å². The lowest BCUT2D eigenvalue weighted by atomic mass is 9.95. The number of rotatable bonds is 6. The topological polar surface area (TPSA) is 98.5 Å². The molecule has 1 aromatic heterocycles. The number of carbonyl (C=O) groups is 2. The molecule has 2 fully saturated rings. The Morgan fingerprint density at radius 3 is 2.58 bits per heavy atom. The highest BCUT2D eigenvalue weighted by Crippen LogP contribution is 2.27. The molecular formula is C17H27N5O4. The second kappa shape index (κ2) is 8.03. The van der Waals surface area contributed by atoms with E-state index in [0.29, 0.717) is 45.6 Å². The highest BCUT2D eigenvalue weighted by molar-refractivity contribution is 5.90. The quantitative estimate of drug-likeness (QED) is 0.746. The number of hydrogen-bond donors (Lipinski definition) is 1. The van der Waals surface area contributed by atoms with E-state index in [0.717, 1.165) is 18.7 Å². The first-order valence-electron chi connectivity index (χ1n) is 9.29. The van der Waals surface area contributed by atoms with Gasteiger partial charge in [0.25, 0.3) is 0 Å². The Bertz CT molecular complexity index is 717. The Balaban J connectivity index is 1.65. The van der Waals surface area contributed by atoms with E-state index >= 15 is 0 Å². The third-order valence-corrected chi connectivity index (χ3v) is 5.24. The fourth-order valence-corrected chi connectivity index (χ4v) is 3.76. The van der Waals surface area contributed by atoms with Crippen molar-refractivity contribution in [1.82, 2.24) is 24.6 Å². The van der Waals surface area contributed by atoms with Crippen molar-refractivity contribution >= 4 is 11.8 Å². The molecule has 9 nitrogen and oxygen atoms in total. The highest BCUT2D eigenvalue weighted by atomic mass is 16.5. The van der Waals surface area contributed by atoms with E-state index in [2.05, 4.69) is 10.4 Å². The second-order valence-electron chi connectivity index (χ2n) is 6.86. The van der Waals surface area contributed by atoms with Crippen LogP contribution in [0.5, 0.6) is 0 Å². The Morgan fingerprint density at radius 1 is 1.27 bits per heavy atom. The summed E-state index contributed by atoms with van der Waals surface area (Å²) in [4.78, 5) is 38.1. The van der Waals surface area contributed by atoms with Crippen LogP contribution in [0.1, 0.15) is 44.3 Å². The molecule has 1 atom stereocenters. The first-order valence-corrected chi connectivity index (χ1v) is 9.29. The zero-order valence-corrected chi connectivity index (χ0v) is 15.4. The van der Waals surface area contributed by atoms with Crippen LogP contribution in [0.3, 0.4) is 0 Å². The van der Waals surface area contributed by atoms with Gasteiger partial charge in [-0.2, -0.15) is 5.10 Å². The number of amides is 2. The fraction of sp³-hybridized carbons (Fsp3) is 0.765. The number of piperidine rings is 1. The lowest BCUT2D eigenvalue weighted by Gasteiger charge is -2.33. The number of carbonyl (C=O) groups excluding carboxylic acids is 2. The minimum absolute atomic E-state index is 0.00723. The number of nitrogens with one attached hydrogen (secondary N) is 1. The number of nitrogens with zero attached hydrogens (tertiary/aromatic N) is 4. The van der Waals surface area contributed by atoms with Crippen LogP contribution in [-0.4, -0.2) is 63.9 Å². The van der Waals surface area contributed by atoms with Crippen molar-refractivity contribution in [3.63, 3.8) is 0 Å². The van der Waals surface area contributed by atoms with Crippen molar-refractivity contribution < 1.29 is 14.3 Å². The Labute approximate surface area is 152 Å². The molecule has 0 aromatic carbocycles. The Hall–Kier alpha value is -2.16. The zero-order chi connectivity index (χ0) is 18.7. The number of aromatic nitrogens is 3. The van der Waals surface area contributed by atoms with Crippen LogP contribution in [0.2, 0.25) is 0 Å². The summed E-state index contributed by atoms with van der Waals surface area (Å²) >= 11 is 0. The van der Waals surface area contributed by atoms with Crippen molar-refractivity contribution in [2.75, 3.05) is 26.8 Å². The average Bonchev–Trinajstić information content (AvgIpc) is 3.22. The normalized spacial score (nSPS) is 21.2. The molecule has 1 unspecified atom stereocenters. The lowest BCUT2D eigenvalue weighted by Crippen LogP contribution is -2.47. The number of ether oxygens (including phenoxy) is 1. The van der Waals surface area contributed by atoms with Crippen molar-refractivity contribution in [3.8, 4) is 0 Å². The first kappa shape index (κ1) is 18.6. The monoisotopic (exact) mass is 365 g/mol. The summed E-state index contributed by atoms with van der Waals surface area (Å²) in [6, 6.07) is -0.374. The zero-order valence-electron chi connectivity index (χ0n) is 15.4. The van der Waals surface area contributed by atoms with Gasteiger partial charge in [0, 0.05) is 39.1 Å². The molecule has 0 spiro atoms. The summed E-state index contributed by atoms with van der Waals surface area (Å²) in [7, 11) is 1.60. The summed E-state index contributed by atoms with van der Waals surface area (Å²) in [5.41, 5.74) is -0.105. The fourth-order valence-electron chi connectivity index (χ4n) is 3.76. The SMILES string of the molecule is CCn1c(C2CCN(C(=O)C3CCC(=O)N3)CC2)nn(CCOC)c1=O. The first-order chi connectivity index (χ1) is 12.5. The van der Waals surface area contributed by atoms with Gasteiger partial charge in [0.15, 0.2) is 0 Å². The molecule has 1 aromatic rings. The maximum absolute atomic E-state index is 12.5. The minimum Gasteiger partial charge on any atom is -0.383 e. The number of methoxy groups -OCH3 is 1. The average molecular weight is 365 g/mol. The van der Waals surface area contributed by atoms with E-state index < -0.39 is 0 Å². The van der Waals surface area contributed by atoms with Gasteiger partial charge in [-0.3, -0.25) is 14.2 Å². The van der Waals surface area contributed by atoms with E-state index in [1.165, 1.54) is 4.68 Å². The van der Waals surface area contributed by atoms with E-state index in [-0.39, 0.29) is 29.5 Å². The second-order valence-corrected chi connectivity index (χ2v) is 6.86. The van der Waals surface area contributed by atoms with Gasteiger partial charge >= 0.3 is 5.69 Å². The summed E-state index contributed by atoms with van der Waals surface area (Å²) in [6.45, 7) is 4.65. The molecule has 2 aliphatic rings. The Kier molecular flexibility index (Phi) is 5.75. The molecule has 2 saturated heterocycles. The largest absolute Gasteiger partial charge is 0.383 e. The number of likely N-dealkylation sites (tertiary alicyclic amines) is 1. The summed E-state index contributed by atoms with van der Waals surface area (Å²) in [5.74, 6) is 0.920. The van der Waals surface area contributed by atoms with Gasteiger partial charge < -0.3 is 15.0 Å². The van der Waals surface area contributed by atoms with Crippen LogP contribution in [-0.2, 0) is 27.4 Å². The molecule has 0 aliphatic carbocycles. The van der Waals surface area contributed by atoms with Crippen molar-refractivity contribution in [1.29, 1.82) is 0 Å². The molecule has 144 valence electrons. The predicted molar refractivity (Wildman–Crippen MR) is 93.8 cm³/mol. The maximum atomic E-state index is 12.5. The summed E-state index contributed by atoms with van der Waals surface area (Å²) in [5, 5.41) is 7.27. The van der Waals surface area contributed by atoms with Crippen LogP contribution in [0, 0.1) is 0 Å². The van der Waals surface area contributed by atoms with E-state index in [9.17, 15) is 14.4 Å². The molecule has 0 bridgehead atoms. The third-order valence-electron chi connectivity index (χ3n) is 5.24. The minimum atomic E-state index is -0.374. The molecule has 26 heavy (non-hydrogen) atoms. The maximum Gasteiger partial charge on any atom is 0.345 e. The summed E-state index contributed by atoms with van der Waals surface area (Å²) in [6.07, 6.45) is 2.55. The molecule has 2 amide bonds. The van der Waals surface area contributed by atoms with Gasteiger partial charge in [-0.05, 0) is 26.2 Å². The standard InChI is InChI=1S/C17H27N5O4/c1-3-21-15(19-22(17(21)25)10-11-26-2)12-6-8-20(9-7-12)16(24)13-4-5-14(23)18-13/h12-13H,3-11H2,1-2H3,(H,18,23). The van der Waals surface area contributed by atoms with Crippen LogP contribution < -0.4 is 11.0 Å². The van der Waals surface area contributed by atoms with Crippen LogP contribution in [0.15, 0.2) is 4.79 Å². The molecule has 9 heteroatoms. The molecule has 3 rings (SSSR count). The molecule has 0 saturated carbocycles. The van der Waals surface area contributed by atoms with Gasteiger partial charge in [-0.1, -0.05) is 0 Å². The highest BCUT2D eigenvalue weighted by Gasteiger charge is 2.34. The molecule has 0 radical (unpaired) electrons. The molecular weight excluding hydrogens is 338 g/mol. The Morgan fingerprint density at radius 2 is 2.00 bits per heavy atom. The van der Waals surface area contributed by atoms with Crippen LogP contribution in [0.4, 0.5) is 0 Å². The van der Waals surface area contributed by atoms with Crippen molar-refractivity contribution in [3.05, 3.63) is 16.3 Å². The molecule has 3 heterocycles. The number of hydrogen-bond acceptors (Lipinski definition) is 5. The summed E-state index contributed by atoms with van der Waals surface area (Å²) < 4.78 is 8.23. The van der Waals surface area contributed by atoms with E-state index in [4.69, 9.17) is 4.74 Å². The van der Waals surface area contributed by atoms with Gasteiger partial charge in [0.2, 0.25) is 11.8 Å². The molecule has 2 aliphatic heterocycles. The van der Waals surface area contributed by atoms with Gasteiger partial charge in [-0.15, -0.1) is 0 Å². The van der Waals surface area contributed by atoms with Crippen molar-refractivity contribution in [2.45, 2.75) is 57.7 Å².